The predicted octanol–water partition coefficient (Wildman–Crippen LogP) is 3.34. The molecule has 20 heavy (non-hydrogen) atoms. The van der Waals surface area contributed by atoms with Crippen LogP contribution < -0.4 is 10.6 Å². The lowest BCUT2D eigenvalue weighted by Crippen LogP contribution is -2.18. The molecule has 0 fully saturated rings. The van der Waals surface area contributed by atoms with Crippen LogP contribution in [0.2, 0.25) is 0 Å². The Labute approximate surface area is 121 Å². The normalized spacial score (nSPS) is 13.1. The van der Waals surface area contributed by atoms with Crippen LogP contribution in [0.3, 0.4) is 0 Å². The summed E-state index contributed by atoms with van der Waals surface area (Å²) in [5.41, 5.74) is 0. The zero-order chi connectivity index (χ0) is 15.2. The third-order valence-corrected chi connectivity index (χ3v) is 3.32. The molecule has 0 saturated carbocycles. The smallest absolute Gasteiger partial charge is 0.370 e. The first-order valence-corrected chi connectivity index (χ1v) is 7.69. The first-order chi connectivity index (χ1) is 9.36. The van der Waals surface area contributed by atoms with Crippen molar-refractivity contribution >= 4 is 23.4 Å². The van der Waals surface area contributed by atoms with Gasteiger partial charge in [-0.05, 0) is 24.9 Å². The van der Waals surface area contributed by atoms with E-state index in [-0.39, 0.29) is 11.6 Å². The van der Waals surface area contributed by atoms with Crippen molar-refractivity contribution in [1.29, 1.82) is 0 Å². The summed E-state index contributed by atoms with van der Waals surface area (Å²) in [5.74, 6) is 0.517. The maximum absolute atomic E-state index is 12.7. The fourth-order valence-corrected chi connectivity index (χ4v) is 2.25. The molecule has 0 aliphatic heterocycles. The van der Waals surface area contributed by atoms with Crippen LogP contribution in [-0.4, -0.2) is 35.1 Å². The maximum atomic E-state index is 12.7. The third kappa shape index (κ3) is 5.44. The van der Waals surface area contributed by atoms with Crippen molar-refractivity contribution in [2.24, 2.45) is 5.92 Å². The van der Waals surface area contributed by atoms with Crippen LogP contribution in [0.5, 0.6) is 0 Å². The second kappa shape index (κ2) is 7.56. The van der Waals surface area contributed by atoms with Gasteiger partial charge in [0, 0.05) is 19.2 Å². The van der Waals surface area contributed by atoms with Crippen molar-refractivity contribution in [2.45, 2.75) is 20.0 Å². The van der Waals surface area contributed by atoms with Gasteiger partial charge in [0.25, 0.3) is 0 Å². The summed E-state index contributed by atoms with van der Waals surface area (Å²) in [7, 11) is 0. The number of nitrogens with one attached hydrogen (secondary N) is 2. The highest BCUT2D eigenvalue weighted by molar-refractivity contribution is 7.98. The second-order valence-electron chi connectivity index (χ2n) is 4.43. The minimum absolute atomic E-state index is 0.176. The van der Waals surface area contributed by atoms with E-state index in [1.807, 2.05) is 13.2 Å². The Hall–Kier alpha value is -1.18. The summed E-state index contributed by atoms with van der Waals surface area (Å²) in [6.07, 6.45) is -2.56. The fourth-order valence-electron chi connectivity index (χ4n) is 1.56. The highest BCUT2D eigenvalue weighted by Crippen LogP contribution is 2.28. The van der Waals surface area contributed by atoms with Gasteiger partial charge in [-0.1, -0.05) is 6.92 Å². The number of nitrogens with zero attached hydrogens (tertiary/aromatic N) is 2. The standard InChI is InChI=1S/C12H19F3N4S/c1-4-16-9-5-10(17-6-8(2)7-20-3)19-11(18-9)12(13,14)15/h5,8H,4,6-7H2,1-3H3,(H2,16,17,18,19). The fraction of sp³-hybridized carbons (Fsp3) is 0.667. The third-order valence-electron chi connectivity index (χ3n) is 2.42. The van der Waals surface area contributed by atoms with Gasteiger partial charge in [-0.15, -0.1) is 0 Å². The molecule has 1 unspecified atom stereocenters. The number of thioether (sulfide) groups is 1. The molecule has 1 rings (SSSR count). The van der Waals surface area contributed by atoms with Crippen LogP contribution in [0, 0.1) is 5.92 Å². The van der Waals surface area contributed by atoms with E-state index in [4.69, 9.17) is 0 Å². The van der Waals surface area contributed by atoms with Crippen LogP contribution in [0.15, 0.2) is 6.07 Å². The molecule has 0 spiro atoms. The Kier molecular flexibility index (Phi) is 6.38. The topological polar surface area (TPSA) is 49.8 Å². The molecular formula is C12H19F3N4S. The molecule has 0 radical (unpaired) electrons. The molecule has 1 aromatic heterocycles. The minimum atomic E-state index is -4.55. The number of halogens is 3. The molecule has 0 aliphatic carbocycles. The summed E-state index contributed by atoms with van der Waals surface area (Å²) < 4.78 is 38.2. The summed E-state index contributed by atoms with van der Waals surface area (Å²) in [6, 6.07) is 1.49. The van der Waals surface area contributed by atoms with E-state index in [1.165, 1.54) is 6.07 Å². The van der Waals surface area contributed by atoms with E-state index < -0.39 is 12.0 Å². The van der Waals surface area contributed by atoms with Crippen molar-refractivity contribution in [2.75, 3.05) is 35.7 Å². The van der Waals surface area contributed by atoms with E-state index in [9.17, 15) is 13.2 Å². The van der Waals surface area contributed by atoms with Crippen LogP contribution in [0.25, 0.3) is 0 Å². The van der Waals surface area contributed by atoms with E-state index in [0.717, 1.165) is 5.75 Å². The van der Waals surface area contributed by atoms with Crippen LogP contribution in [-0.2, 0) is 6.18 Å². The Morgan fingerprint density at radius 3 is 2.35 bits per heavy atom. The molecule has 1 atom stereocenters. The van der Waals surface area contributed by atoms with Gasteiger partial charge in [0.15, 0.2) is 0 Å². The number of hydrogen-bond acceptors (Lipinski definition) is 5. The van der Waals surface area contributed by atoms with Gasteiger partial charge in [-0.2, -0.15) is 24.9 Å². The number of hydrogen-bond donors (Lipinski definition) is 2. The second-order valence-corrected chi connectivity index (χ2v) is 5.34. The lowest BCUT2D eigenvalue weighted by molar-refractivity contribution is -0.144. The highest BCUT2D eigenvalue weighted by atomic mass is 32.2. The zero-order valence-corrected chi connectivity index (χ0v) is 12.5. The molecule has 0 bridgehead atoms. The average molecular weight is 308 g/mol. The number of alkyl halides is 3. The number of anilines is 2. The molecule has 114 valence electrons. The average Bonchev–Trinajstić information content (AvgIpc) is 2.36. The maximum Gasteiger partial charge on any atom is 0.451 e. The molecule has 0 aliphatic rings. The van der Waals surface area contributed by atoms with E-state index in [2.05, 4.69) is 20.6 Å². The van der Waals surface area contributed by atoms with Crippen LogP contribution in [0.1, 0.15) is 19.7 Å². The van der Waals surface area contributed by atoms with Crippen molar-refractivity contribution in [3.05, 3.63) is 11.9 Å². The summed E-state index contributed by atoms with van der Waals surface area (Å²) in [5, 5.41) is 5.71. The molecule has 4 nitrogen and oxygen atoms in total. The summed E-state index contributed by atoms with van der Waals surface area (Å²) >= 11 is 1.70. The lowest BCUT2D eigenvalue weighted by atomic mass is 10.2. The van der Waals surface area contributed by atoms with Gasteiger partial charge in [0.1, 0.15) is 11.6 Å². The molecule has 0 saturated heterocycles. The molecule has 2 N–H and O–H groups in total. The highest BCUT2D eigenvalue weighted by Gasteiger charge is 2.35. The Bertz CT molecular complexity index is 426. The Morgan fingerprint density at radius 2 is 1.85 bits per heavy atom. The Morgan fingerprint density at radius 1 is 1.25 bits per heavy atom. The predicted molar refractivity (Wildman–Crippen MR) is 77.2 cm³/mol. The number of rotatable bonds is 7. The molecule has 0 aromatic carbocycles. The molecular weight excluding hydrogens is 289 g/mol. The van der Waals surface area contributed by atoms with Gasteiger partial charge in [0.2, 0.25) is 5.82 Å². The van der Waals surface area contributed by atoms with Crippen molar-refractivity contribution in [1.82, 2.24) is 9.97 Å². The van der Waals surface area contributed by atoms with Gasteiger partial charge in [-0.25, -0.2) is 9.97 Å². The monoisotopic (exact) mass is 308 g/mol. The first-order valence-electron chi connectivity index (χ1n) is 6.29. The Balaban J connectivity index is 2.86. The van der Waals surface area contributed by atoms with Gasteiger partial charge >= 0.3 is 6.18 Å². The molecule has 1 heterocycles. The van der Waals surface area contributed by atoms with E-state index in [0.29, 0.717) is 19.0 Å². The summed E-state index contributed by atoms with van der Waals surface area (Å²) in [4.78, 5) is 6.99. The number of aromatic nitrogens is 2. The molecule has 0 amide bonds. The van der Waals surface area contributed by atoms with Crippen molar-refractivity contribution < 1.29 is 13.2 Å². The quantitative estimate of drug-likeness (QED) is 0.809. The van der Waals surface area contributed by atoms with Crippen molar-refractivity contribution in [3.8, 4) is 0 Å². The van der Waals surface area contributed by atoms with Gasteiger partial charge in [-0.3, -0.25) is 0 Å². The zero-order valence-electron chi connectivity index (χ0n) is 11.7. The van der Waals surface area contributed by atoms with Crippen molar-refractivity contribution in [3.63, 3.8) is 0 Å². The van der Waals surface area contributed by atoms with Crippen LogP contribution in [0.4, 0.5) is 24.8 Å². The van der Waals surface area contributed by atoms with Gasteiger partial charge in [0.05, 0.1) is 0 Å². The lowest BCUT2D eigenvalue weighted by Gasteiger charge is -2.14. The van der Waals surface area contributed by atoms with E-state index >= 15 is 0 Å². The minimum Gasteiger partial charge on any atom is -0.370 e. The van der Waals surface area contributed by atoms with Gasteiger partial charge < -0.3 is 10.6 Å². The SMILES string of the molecule is CCNc1cc(NCC(C)CSC)nc(C(F)(F)F)n1. The summed E-state index contributed by atoms with van der Waals surface area (Å²) in [6.45, 7) is 4.89. The molecule has 1 aromatic rings. The largest absolute Gasteiger partial charge is 0.451 e. The first kappa shape index (κ1) is 16.9. The van der Waals surface area contributed by atoms with Crippen LogP contribution >= 0.6 is 11.8 Å². The van der Waals surface area contributed by atoms with E-state index in [1.54, 1.807) is 18.7 Å². The molecule has 8 heteroatoms.